The van der Waals surface area contributed by atoms with Crippen molar-refractivity contribution in [1.29, 1.82) is 0 Å². The molecule has 1 aliphatic heterocycles. The standard InChI is InChI=1S/C19H32OS/c1-4-6-12-17(5-2)18(20)19(13-8-7-9-14-19)21(3)15-10-11-16-21/h4,6,12H,5,7-11,13-16H2,1-3H3. The summed E-state index contributed by atoms with van der Waals surface area (Å²) in [7, 11) is -0.761. The van der Waals surface area contributed by atoms with Crippen LogP contribution in [0.2, 0.25) is 0 Å². The lowest BCUT2D eigenvalue weighted by Gasteiger charge is -2.52. The van der Waals surface area contributed by atoms with Crippen LogP contribution in [0.15, 0.2) is 23.8 Å². The first kappa shape index (κ1) is 16.9. The van der Waals surface area contributed by atoms with Gasteiger partial charge >= 0.3 is 0 Å². The monoisotopic (exact) mass is 308 g/mol. The molecular weight excluding hydrogens is 276 g/mol. The van der Waals surface area contributed by atoms with E-state index in [-0.39, 0.29) is 4.75 Å². The highest BCUT2D eigenvalue weighted by Gasteiger charge is 2.51. The number of carbonyl (C=O) groups is 1. The summed E-state index contributed by atoms with van der Waals surface area (Å²) in [5, 5.41) is 0. The van der Waals surface area contributed by atoms with Gasteiger partial charge in [-0.25, -0.2) is 10.0 Å². The molecule has 1 nitrogen and oxygen atoms in total. The van der Waals surface area contributed by atoms with Crippen molar-refractivity contribution >= 4 is 15.8 Å². The lowest BCUT2D eigenvalue weighted by atomic mass is 9.82. The SMILES string of the molecule is CC=CC=C(CC)C(=O)C1(S2(C)CCCC2)CCCCC1. The molecule has 2 aliphatic rings. The van der Waals surface area contributed by atoms with Crippen molar-refractivity contribution in [3.05, 3.63) is 23.8 Å². The van der Waals surface area contributed by atoms with Crippen LogP contribution in [0.3, 0.4) is 0 Å². The number of hydrogen-bond acceptors (Lipinski definition) is 1. The van der Waals surface area contributed by atoms with Crippen LogP contribution in [0, 0.1) is 0 Å². The Labute approximate surface area is 132 Å². The van der Waals surface area contributed by atoms with Gasteiger partial charge in [-0.05, 0) is 62.4 Å². The maximum absolute atomic E-state index is 13.5. The van der Waals surface area contributed by atoms with Crippen LogP contribution in [0.4, 0.5) is 0 Å². The maximum Gasteiger partial charge on any atom is 0.173 e. The number of hydrogen-bond donors (Lipinski definition) is 0. The zero-order chi connectivity index (χ0) is 15.3. The molecule has 0 N–H and O–H groups in total. The fourth-order valence-corrected chi connectivity index (χ4v) is 8.78. The Kier molecular flexibility index (Phi) is 5.76. The first-order valence-corrected chi connectivity index (χ1v) is 11.1. The fraction of sp³-hybridized carbons (Fsp3) is 0.737. The minimum absolute atomic E-state index is 0.0190. The van der Waals surface area contributed by atoms with Gasteiger partial charge in [0, 0.05) is 0 Å². The van der Waals surface area contributed by atoms with Gasteiger partial charge in [-0.2, -0.15) is 0 Å². The molecule has 1 saturated carbocycles. The van der Waals surface area contributed by atoms with Gasteiger partial charge in [0.15, 0.2) is 5.78 Å². The summed E-state index contributed by atoms with van der Waals surface area (Å²) in [4.78, 5) is 13.5. The second-order valence-corrected chi connectivity index (χ2v) is 11.0. The van der Waals surface area contributed by atoms with Crippen LogP contribution in [0.5, 0.6) is 0 Å². The van der Waals surface area contributed by atoms with Gasteiger partial charge in [0.2, 0.25) is 0 Å². The van der Waals surface area contributed by atoms with Crippen LogP contribution in [0.25, 0.3) is 0 Å². The first-order chi connectivity index (χ1) is 10.1. The van der Waals surface area contributed by atoms with Crippen molar-refractivity contribution in [1.82, 2.24) is 0 Å². The molecule has 21 heavy (non-hydrogen) atoms. The number of rotatable bonds is 5. The molecular formula is C19H32OS. The van der Waals surface area contributed by atoms with Gasteiger partial charge in [-0.15, -0.1) is 0 Å². The van der Waals surface area contributed by atoms with E-state index in [0.29, 0.717) is 5.78 Å². The summed E-state index contributed by atoms with van der Waals surface area (Å²) in [6.45, 7) is 4.16. The zero-order valence-electron chi connectivity index (χ0n) is 14.1. The van der Waals surface area contributed by atoms with Crippen molar-refractivity contribution in [3.63, 3.8) is 0 Å². The Balaban J connectivity index is 2.37. The molecule has 120 valence electrons. The van der Waals surface area contributed by atoms with Gasteiger partial charge in [0.05, 0.1) is 4.75 Å². The van der Waals surface area contributed by atoms with Gasteiger partial charge in [-0.1, -0.05) is 44.4 Å². The van der Waals surface area contributed by atoms with Crippen molar-refractivity contribution in [2.24, 2.45) is 0 Å². The smallest absolute Gasteiger partial charge is 0.173 e. The van der Waals surface area contributed by atoms with Crippen LogP contribution in [-0.4, -0.2) is 28.3 Å². The summed E-state index contributed by atoms with van der Waals surface area (Å²) in [5.41, 5.74) is 1.07. The van der Waals surface area contributed by atoms with Crippen LogP contribution >= 0.6 is 10.0 Å². The number of carbonyl (C=O) groups excluding carboxylic acids is 1. The van der Waals surface area contributed by atoms with Gasteiger partial charge in [0.25, 0.3) is 0 Å². The van der Waals surface area contributed by atoms with Gasteiger partial charge < -0.3 is 0 Å². The molecule has 0 radical (unpaired) electrons. The minimum Gasteiger partial charge on any atom is -0.293 e. The third-order valence-corrected chi connectivity index (χ3v) is 10.5. The molecule has 2 heteroatoms. The van der Waals surface area contributed by atoms with Crippen molar-refractivity contribution in [2.45, 2.75) is 70.0 Å². The third kappa shape index (κ3) is 3.16. The van der Waals surface area contributed by atoms with Gasteiger partial charge in [0.1, 0.15) is 0 Å². The second-order valence-electron chi connectivity index (χ2n) is 6.84. The molecule has 0 aromatic carbocycles. The van der Waals surface area contributed by atoms with Gasteiger partial charge in [-0.3, -0.25) is 4.79 Å². The Morgan fingerprint density at radius 1 is 1.10 bits per heavy atom. The van der Waals surface area contributed by atoms with E-state index in [1.807, 2.05) is 19.1 Å². The highest BCUT2D eigenvalue weighted by Crippen LogP contribution is 2.66. The van der Waals surface area contributed by atoms with Crippen molar-refractivity contribution < 1.29 is 4.79 Å². The predicted octanol–water partition coefficient (Wildman–Crippen LogP) is 5.40. The van der Waals surface area contributed by atoms with Crippen LogP contribution in [-0.2, 0) is 4.79 Å². The van der Waals surface area contributed by atoms with E-state index < -0.39 is 10.0 Å². The molecule has 0 spiro atoms. The largest absolute Gasteiger partial charge is 0.293 e. The van der Waals surface area contributed by atoms with Crippen molar-refractivity contribution in [2.75, 3.05) is 17.8 Å². The average molecular weight is 309 g/mol. The highest BCUT2D eigenvalue weighted by molar-refractivity contribution is 8.35. The van der Waals surface area contributed by atoms with Crippen LogP contribution < -0.4 is 0 Å². The van der Waals surface area contributed by atoms with E-state index in [2.05, 4.69) is 19.3 Å². The molecule has 0 amide bonds. The molecule has 0 atom stereocenters. The highest BCUT2D eigenvalue weighted by atomic mass is 32.3. The Morgan fingerprint density at radius 3 is 2.24 bits per heavy atom. The molecule has 2 fully saturated rings. The van der Waals surface area contributed by atoms with E-state index in [0.717, 1.165) is 24.8 Å². The molecule has 1 saturated heterocycles. The summed E-state index contributed by atoms with van der Waals surface area (Å²) in [5.74, 6) is 3.18. The summed E-state index contributed by atoms with van der Waals surface area (Å²) in [6.07, 6.45) is 18.4. The topological polar surface area (TPSA) is 17.1 Å². The Bertz CT molecular complexity index is 421. The zero-order valence-corrected chi connectivity index (χ0v) is 14.9. The number of ketones is 1. The van der Waals surface area contributed by atoms with E-state index in [1.165, 1.54) is 43.6 Å². The molecule has 0 aromatic rings. The molecule has 1 heterocycles. The summed E-state index contributed by atoms with van der Waals surface area (Å²) in [6, 6.07) is 0. The first-order valence-electron chi connectivity index (χ1n) is 8.69. The normalized spacial score (nSPS) is 26.9. The Hall–Kier alpha value is -0.500. The molecule has 0 unspecified atom stereocenters. The van der Waals surface area contributed by atoms with E-state index >= 15 is 0 Å². The number of Topliss-reactive ketones (excluding diaryl/α,β-unsaturated/α-hetero) is 1. The molecule has 0 bridgehead atoms. The fourth-order valence-electron chi connectivity index (χ4n) is 4.26. The molecule has 2 rings (SSSR count). The van der Waals surface area contributed by atoms with Crippen molar-refractivity contribution in [3.8, 4) is 0 Å². The van der Waals surface area contributed by atoms with E-state index in [9.17, 15) is 4.79 Å². The van der Waals surface area contributed by atoms with Crippen LogP contribution in [0.1, 0.15) is 65.2 Å². The van der Waals surface area contributed by atoms with E-state index in [1.54, 1.807) is 0 Å². The lowest BCUT2D eigenvalue weighted by molar-refractivity contribution is -0.118. The predicted molar refractivity (Wildman–Crippen MR) is 96.5 cm³/mol. The van der Waals surface area contributed by atoms with E-state index in [4.69, 9.17) is 0 Å². The summed E-state index contributed by atoms with van der Waals surface area (Å²) >= 11 is 0. The summed E-state index contributed by atoms with van der Waals surface area (Å²) < 4.78 is 0.0190. The maximum atomic E-state index is 13.5. The Morgan fingerprint density at radius 2 is 1.71 bits per heavy atom. The minimum atomic E-state index is -0.761. The molecule has 1 aliphatic carbocycles. The second kappa shape index (κ2) is 7.17. The molecule has 0 aromatic heterocycles. The number of allylic oxidation sites excluding steroid dienone is 4. The quantitative estimate of drug-likeness (QED) is 0.491. The lowest BCUT2D eigenvalue weighted by Crippen LogP contribution is -2.46. The average Bonchev–Trinajstić information content (AvgIpc) is 2.97. The third-order valence-electron chi connectivity index (χ3n) is 5.62.